The number of ether oxygens (including phenoxy) is 3. The first kappa shape index (κ1) is 64.3. The number of unbranched alkanes of at least 4 members (excludes halogenated alkanes) is 38. The van der Waals surface area contributed by atoms with Crippen LogP contribution in [0.3, 0.4) is 0 Å². The van der Waals surface area contributed by atoms with Crippen molar-refractivity contribution in [2.45, 2.75) is 328 Å². The van der Waals surface area contributed by atoms with Gasteiger partial charge in [-0.1, -0.05) is 297 Å². The number of carbonyl (C=O) groups excluding carboxylic acids is 3. The fraction of sp³-hybridized carbons (Fsp3) is 0.949. The Kier molecular flexibility index (Phi) is 43.8. The number of esters is 3. The largest absolute Gasteiger partial charge is 0.445 e. The summed E-state index contributed by atoms with van der Waals surface area (Å²) in [5.41, 5.74) is -2.09. The Balaban J connectivity index is 3.02. The Bertz CT molecular complexity index is 1110. The summed E-state index contributed by atoms with van der Waals surface area (Å²) < 4.78 is 16.7. The Hall–Kier alpha value is -1.71. The van der Waals surface area contributed by atoms with Crippen LogP contribution in [0, 0.1) is 11.8 Å². The monoisotopic (exact) mass is 965 g/mol. The minimum atomic E-state index is -2.09. The van der Waals surface area contributed by atoms with E-state index in [1.807, 2.05) is 0 Å². The highest BCUT2D eigenvalue weighted by atomic mass is 16.7. The van der Waals surface area contributed by atoms with Crippen molar-refractivity contribution in [1.29, 1.82) is 0 Å². The van der Waals surface area contributed by atoms with Gasteiger partial charge in [0, 0.05) is 5.92 Å². The van der Waals surface area contributed by atoms with Gasteiger partial charge in [-0.15, -0.1) is 0 Å². The fourth-order valence-corrected chi connectivity index (χ4v) is 10.5. The van der Waals surface area contributed by atoms with E-state index in [9.17, 15) is 29.7 Å². The van der Waals surface area contributed by atoms with Gasteiger partial charge in [0.05, 0.1) is 19.8 Å². The van der Waals surface area contributed by atoms with Crippen LogP contribution >= 0.6 is 0 Å². The summed E-state index contributed by atoms with van der Waals surface area (Å²) in [4.78, 5) is 40.7. The average Bonchev–Trinajstić information content (AvgIpc) is 3.38. The Morgan fingerprint density at radius 3 is 0.956 bits per heavy atom. The third-order valence-corrected chi connectivity index (χ3v) is 15.1. The Labute approximate surface area is 419 Å². The first-order valence-corrected chi connectivity index (χ1v) is 29.8. The highest BCUT2D eigenvalue weighted by Crippen LogP contribution is 2.38. The summed E-state index contributed by atoms with van der Waals surface area (Å²) in [5, 5.41) is 31.3. The van der Waals surface area contributed by atoms with Crippen molar-refractivity contribution in [2.24, 2.45) is 11.8 Å². The summed E-state index contributed by atoms with van der Waals surface area (Å²) in [6.07, 6.45) is 51.8. The van der Waals surface area contributed by atoms with Crippen LogP contribution in [0.1, 0.15) is 310 Å². The summed E-state index contributed by atoms with van der Waals surface area (Å²) in [7, 11) is 0. The molecule has 0 aliphatic carbocycles. The number of rotatable bonds is 50. The molecule has 1 rings (SSSR count). The maximum Gasteiger partial charge on any atom is 0.354 e. The third-order valence-electron chi connectivity index (χ3n) is 15.1. The van der Waals surface area contributed by atoms with Crippen molar-refractivity contribution in [3.63, 3.8) is 0 Å². The van der Waals surface area contributed by atoms with E-state index in [1.54, 1.807) is 0 Å². The van der Waals surface area contributed by atoms with E-state index < -0.39 is 61.5 Å². The van der Waals surface area contributed by atoms with Crippen LogP contribution in [-0.2, 0) is 28.6 Å². The summed E-state index contributed by atoms with van der Waals surface area (Å²) in [5.74, 6) is -3.58. The maximum absolute atomic E-state index is 14.2. The highest BCUT2D eigenvalue weighted by Gasteiger charge is 2.54. The van der Waals surface area contributed by atoms with Crippen LogP contribution in [0.25, 0.3) is 0 Å². The minimum Gasteiger partial charge on any atom is -0.445 e. The van der Waals surface area contributed by atoms with Crippen molar-refractivity contribution in [1.82, 2.24) is 0 Å². The smallest absolute Gasteiger partial charge is 0.354 e. The van der Waals surface area contributed by atoms with Gasteiger partial charge < -0.3 is 29.5 Å². The molecule has 1 aliphatic heterocycles. The standard InChI is InChI=1S/C59H112O9/c1-4-7-10-13-16-19-22-25-28-30-33-36-39-42-45-52(46-43-40-37-34-31-29-26-23-20-17-14-11-8-5-2)48-53(47-44-41-38-35-32-27-24-21-18-15-12-9-6-3)59(51-62)58(65)67-54(49-60)56(63)66-55(50-61)57(64)68-59/h52-55,60-62H,4-51H2,1-3H3. The van der Waals surface area contributed by atoms with Gasteiger partial charge in [0.2, 0.25) is 17.8 Å². The van der Waals surface area contributed by atoms with Gasteiger partial charge in [0.25, 0.3) is 0 Å². The van der Waals surface area contributed by atoms with Crippen LogP contribution in [0.5, 0.6) is 0 Å². The summed E-state index contributed by atoms with van der Waals surface area (Å²) >= 11 is 0. The lowest BCUT2D eigenvalue weighted by Crippen LogP contribution is -2.56. The predicted molar refractivity (Wildman–Crippen MR) is 282 cm³/mol. The third kappa shape index (κ3) is 32.3. The van der Waals surface area contributed by atoms with Crippen LogP contribution in [0.4, 0.5) is 0 Å². The average molecular weight is 966 g/mol. The zero-order valence-electron chi connectivity index (χ0n) is 45.0. The van der Waals surface area contributed by atoms with Crippen LogP contribution in [0.15, 0.2) is 0 Å². The molecule has 0 aromatic rings. The lowest BCUT2D eigenvalue weighted by atomic mass is 9.75. The Morgan fingerprint density at radius 1 is 0.382 bits per heavy atom. The van der Waals surface area contributed by atoms with E-state index in [0.717, 1.165) is 64.2 Å². The quantitative estimate of drug-likeness (QED) is 0.0309. The second-order valence-corrected chi connectivity index (χ2v) is 21.3. The molecule has 9 heteroatoms. The molecule has 4 unspecified atom stereocenters. The van der Waals surface area contributed by atoms with Crippen LogP contribution < -0.4 is 0 Å². The number of hydrogen-bond donors (Lipinski definition) is 3. The van der Waals surface area contributed by atoms with Gasteiger partial charge >= 0.3 is 17.9 Å². The molecule has 9 nitrogen and oxygen atoms in total. The molecule has 68 heavy (non-hydrogen) atoms. The van der Waals surface area contributed by atoms with Crippen molar-refractivity contribution in [2.75, 3.05) is 19.8 Å². The highest BCUT2D eigenvalue weighted by molar-refractivity contribution is 5.90. The molecule has 0 spiro atoms. The van der Waals surface area contributed by atoms with Crippen molar-refractivity contribution in [3.8, 4) is 0 Å². The summed E-state index contributed by atoms with van der Waals surface area (Å²) in [6, 6.07) is 0. The molecule has 0 amide bonds. The molecule has 0 bridgehead atoms. The topological polar surface area (TPSA) is 140 Å². The molecular formula is C59H112O9. The number of cyclic esters (lactones) is 3. The Morgan fingerprint density at radius 2 is 0.662 bits per heavy atom. The van der Waals surface area contributed by atoms with Crippen molar-refractivity contribution >= 4 is 17.9 Å². The molecule has 4 atom stereocenters. The molecule has 0 radical (unpaired) electrons. The first-order valence-electron chi connectivity index (χ1n) is 29.8. The van der Waals surface area contributed by atoms with Gasteiger partial charge in [0.1, 0.15) is 0 Å². The predicted octanol–water partition coefficient (Wildman–Crippen LogP) is 15.9. The molecule has 0 saturated carbocycles. The normalized spacial score (nSPS) is 18.3. The molecule has 402 valence electrons. The van der Waals surface area contributed by atoms with Crippen LogP contribution in [0.2, 0.25) is 0 Å². The molecule has 0 aromatic carbocycles. The lowest BCUT2D eigenvalue weighted by molar-refractivity contribution is -0.202. The molecule has 3 N–H and O–H groups in total. The number of aliphatic hydroxyl groups is 3. The van der Waals surface area contributed by atoms with Crippen molar-refractivity contribution in [3.05, 3.63) is 0 Å². The zero-order chi connectivity index (χ0) is 49.6. The molecule has 1 aliphatic rings. The molecule has 1 heterocycles. The number of hydrogen-bond acceptors (Lipinski definition) is 9. The second kappa shape index (κ2) is 46.4. The van der Waals surface area contributed by atoms with Crippen LogP contribution in [-0.4, -0.2) is 70.9 Å². The fourth-order valence-electron chi connectivity index (χ4n) is 10.5. The van der Waals surface area contributed by atoms with Gasteiger partial charge in [-0.3, -0.25) is 0 Å². The molecule has 0 aromatic heterocycles. The van der Waals surface area contributed by atoms with Gasteiger partial charge in [0.15, 0.2) is 0 Å². The van der Waals surface area contributed by atoms with Crippen molar-refractivity contribution < 1.29 is 43.9 Å². The zero-order valence-corrected chi connectivity index (χ0v) is 45.0. The molecular weight excluding hydrogens is 853 g/mol. The lowest BCUT2D eigenvalue weighted by Gasteiger charge is -2.38. The molecule has 1 saturated heterocycles. The maximum atomic E-state index is 14.2. The van der Waals surface area contributed by atoms with E-state index >= 15 is 0 Å². The minimum absolute atomic E-state index is 0.249. The van der Waals surface area contributed by atoms with E-state index in [2.05, 4.69) is 20.8 Å². The number of aliphatic hydroxyl groups excluding tert-OH is 3. The van der Waals surface area contributed by atoms with E-state index in [-0.39, 0.29) is 5.92 Å². The SMILES string of the molecule is CCCCCCCCCCCCCCCCC(CCCCCCCCCCCCCCCC)CC(CCCCCCCCCCCCCCC)C1(CO)OC(=O)C(CO)OC(=O)C(CO)OC1=O. The van der Waals surface area contributed by atoms with Gasteiger partial charge in [-0.05, 0) is 18.8 Å². The second-order valence-electron chi connectivity index (χ2n) is 21.3. The summed E-state index contributed by atoms with van der Waals surface area (Å²) in [6.45, 7) is 4.26. The van der Waals surface area contributed by atoms with E-state index in [1.165, 1.54) is 212 Å². The van der Waals surface area contributed by atoms with Gasteiger partial charge in [-0.25, -0.2) is 14.4 Å². The van der Waals surface area contributed by atoms with Gasteiger partial charge in [-0.2, -0.15) is 0 Å². The molecule has 1 fully saturated rings. The first-order chi connectivity index (χ1) is 33.3. The van der Waals surface area contributed by atoms with E-state index in [4.69, 9.17) is 14.2 Å². The van der Waals surface area contributed by atoms with E-state index in [0.29, 0.717) is 12.8 Å². The number of carbonyl (C=O) groups is 3.